The van der Waals surface area contributed by atoms with E-state index in [0.717, 1.165) is 111 Å². The van der Waals surface area contributed by atoms with Gasteiger partial charge in [-0.05, 0) is 137 Å². The summed E-state index contributed by atoms with van der Waals surface area (Å²) in [7, 11) is 48.9. The van der Waals surface area contributed by atoms with Crippen LogP contribution >= 0.6 is 93.0 Å². The number of nitrogens with zero attached hydrogens (tertiary/aromatic N) is 5. The molecule has 15 aromatic rings. The van der Waals surface area contributed by atoms with Crippen LogP contribution in [0.25, 0.3) is 54.6 Å². The number of phenolic OH excluding ortho intramolecular Hbond substituents is 5. The number of fused-ring (bicyclic) bond motifs is 3. The number of aromatic hydroxyl groups is 5. The number of benzene rings is 15. The first-order valence-corrected chi connectivity index (χ1v) is 56.3. The molecule has 0 spiro atoms. The second-order valence-electron chi connectivity index (χ2n) is 23.6. The Morgan fingerprint density at radius 2 is 0.500 bits per heavy atom. The number of aryl methyl sites for hydroxylation is 2. The fraction of sp³-hybridized carbons (Fsp3) is 0.0220. The number of rotatable bonds is 12. The standard InChI is InChI=1S/C23H17NO.C21H15NO.C19H15NO.2C14H13NO.10ClH.5Ti/c25-23-19(12-6-14-21(23)18-8-2-1-3-9-18)16-24-22-15-7-11-17-10-4-5-13-20(17)22;23-21-13-12-16-7-1-3-9-17(16)19(21)14-22-20-11-5-8-15-6-2-4-10-18(15)20;21-19-13-7-4-10-16(19)14-20-18-12-6-5-11-17(18)15-8-2-1-3-9-15;2*1-11-6-2-4-8-13(11)15-10-12-7-3-5-9-14(12)16;;;;;;;;;;;;;;;/h1-16,25H;1-14,23H;1-14,21H;2*2-10,16H,1H3;10*1H;;;;;/q;;;;;;;;;;;;;;;5*+2/p-10. The zero-order chi connectivity index (χ0) is 83.5. The maximum absolute atomic E-state index is 10.6. The van der Waals surface area contributed by atoms with Gasteiger partial charge in [-0.15, -0.1) is 0 Å². The SMILES string of the molecule is Cc1ccccc1N=Cc1ccccc1O.Cc1ccccc1N=Cc1ccccc1O.Oc1c(C=Nc2cccc3ccccc23)cccc1-c1ccccc1.Oc1ccc2ccccc2c1C=Nc1cccc2ccccc12.Oc1ccccc1C=Nc1ccccc1-c1ccccc1.[Cl][Ti][Cl].[Cl][Ti][Cl].[Cl][Ti][Cl].[Cl][Ti][Cl].[Cl][Ti][Cl]. The molecule has 0 unspecified atom stereocenters. The molecule has 0 bridgehead atoms. The Labute approximate surface area is 760 Å². The van der Waals surface area contributed by atoms with Gasteiger partial charge in [-0.3, -0.25) is 25.0 Å². The summed E-state index contributed by atoms with van der Waals surface area (Å²) in [6.07, 6.45) is 8.52. The molecule has 0 aliphatic rings. The minimum absolute atomic E-state index is 0.235. The van der Waals surface area contributed by atoms with Gasteiger partial charge in [0, 0.05) is 80.8 Å². The summed E-state index contributed by atoms with van der Waals surface area (Å²) in [4.78, 5) is 22.5. The molecule has 116 heavy (non-hydrogen) atoms. The number of hydrogen-bond acceptors (Lipinski definition) is 10. The van der Waals surface area contributed by atoms with E-state index in [2.05, 4.69) is 73.5 Å². The van der Waals surface area contributed by atoms with Crippen LogP contribution in [0.1, 0.15) is 38.9 Å². The molecule has 582 valence electrons. The van der Waals surface area contributed by atoms with Crippen LogP contribution in [0.4, 0.5) is 28.4 Å². The predicted molar refractivity (Wildman–Crippen MR) is 480 cm³/mol. The van der Waals surface area contributed by atoms with Gasteiger partial charge in [-0.2, -0.15) is 0 Å². The van der Waals surface area contributed by atoms with Gasteiger partial charge in [0.05, 0.1) is 28.4 Å². The molecule has 0 aliphatic heterocycles. The van der Waals surface area contributed by atoms with Crippen LogP contribution in [0.15, 0.2) is 371 Å². The third-order valence-corrected chi connectivity index (χ3v) is 16.4. The van der Waals surface area contributed by atoms with Gasteiger partial charge < -0.3 is 25.5 Å². The van der Waals surface area contributed by atoms with Crippen LogP contribution in [-0.4, -0.2) is 56.6 Å². The molecule has 0 saturated carbocycles. The van der Waals surface area contributed by atoms with Gasteiger partial charge in [0.15, 0.2) is 0 Å². The molecular formula is C91H73Cl10N5O5Ti5. The quantitative estimate of drug-likeness (QED) is 0.0607. The van der Waals surface area contributed by atoms with E-state index in [1.54, 1.807) is 73.5 Å². The van der Waals surface area contributed by atoms with Crippen LogP contribution in [0.2, 0.25) is 0 Å². The molecule has 0 amide bonds. The van der Waals surface area contributed by atoms with Crippen LogP contribution in [0.5, 0.6) is 28.7 Å². The number of phenols is 5. The van der Waals surface area contributed by atoms with Crippen LogP contribution in [-0.2, 0) is 85.2 Å². The molecule has 15 aromatic carbocycles. The van der Waals surface area contributed by atoms with Crippen molar-refractivity contribution in [3.63, 3.8) is 0 Å². The van der Waals surface area contributed by atoms with E-state index in [-0.39, 0.29) is 28.7 Å². The normalized spacial score (nSPS) is 10.2. The van der Waals surface area contributed by atoms with E-state index in [4.69, 9.17) is 93.0 Å². The number of hydrogen-bond donors (Lipinski definition) is 5. The van der Waals surface area contributed by atoms with E-state index in [9.17, 15) is 25.5 Å². The Bertz CT molecular complexity index is 5380. The minimum atomic E-state index is -0.556. The molecule has 5 N–H and O–H groups in total. The topological polar surface area (TPSA) is 163 Å². The number of aliphatic imine (C=N–C) groups is 5. The Kier molecular flexibility index (Phi) is 48.8. The number of para-hydroxylation sites is 7. The zero-order valence-corrected chi connectivity index (χ0v) is 77.4. The molecule has 10 nitrogen and oxygen atoms in total. The summed E-state index contributed by atoms with van der Waals surface area (Å²) in [5, 5.41) is 56.4. The van der Waals surface area contributed by atoms with E-state index in [1.165, 1.54) is 0 Å². The molecule has 0 aliphatic carbocycles. The Morgan fingerprint density at radius 1 is 0.224 bits per heavy atom. The molecule has 0 heterocycles. The molecule has 0 radical (unpaired) electrons. The Hall–Kier alpha value is -7.10. The molecule has 0 atom stereocenters. The van der Waals surface area contributed by atoms with Gasteiger partial charge in [-0.25, -0.2) is 0 Å². The second-order valence-corrected chi connectivity index (χ2v) is 36.5. The molecule has 25 heteroatoms. The summed E-state index contributed by atoms with van der Waals surface area (Å²) in [5.41, 5.74) is 14.4. The first-order valence-electron chi connectivity index (χ1n) is 34.8. The van der Waals surface area contributed by atoms with Crippen LogP contribution < -0.4 is 0 Å². The Morgan fingerprint density at radius 3 is 0.931 bits per heavy atom. The molecule has 0 saturated heterocycles. The van der Waals surface area contributed by atoms with Gasteiger partial charge in [0.25, 0.3) is 0 Å². The average Bonchev–Trinajstić information content (AvgIpc) is 0.690. The van der Waals surface area contributed by atoms with Gasteiger partial charge in [0.1, 0.15) is 28.7 Å². The average molecular weight is 1910 g/mol. The molecule has 0 fully saturated rings. The van der Waals surface area contributed by atoms with E-state index in [0.29, 0.717) is 11.1 Å². The van der Waals surface area contributed by atoms with Crippen molar-refractivity contribution in [2.45, 2.75) is 13.8 Å². The fourth-order valence-corrected chi connectivity index (χ4v) is 10.9. The summed E-state index contributed by atoms with van der Waals surface area (Å²) in [6.45, 7) is 4.02. The van der Waals surface area contributed by atoms with Crippen molar-refractivity contribution in [2.24, 2.45) is 25.0 Å². The predicted octanol–water partition coefficient (Wildman–Crippen LogP) is 30.0. The summed E-state index contributed by atoms with van der Waals surface area (Å²) >= 11 is -2.78. The summed E-state index contributed by atoms with van der Waals surface area (Å²) in [5.74, 6) is 1.23. The van der Waals surface area contributed by atoms with Crippen molar-refractivity contribution in [1.82, 2.24) is 0 Å². The Balaban J connectivity index is 0.000000217. The van der Waals surface area contributed by atoms with Crippen molar-refractivity contribution in [3.05, 3.63) is 385 Å². The molecule has 15 rings (SSSR count). The monoisotopic (exact) mass is 1900 g/mol. The van der Waals surface area contributed by atoms with Crippen molar-refractivity contribution < 1.29 is 111 Å². The third kappa shape index (κ3) is 34.0. The second kappa shape index (κ2) is 57.9. The van der Waals surface area contributed by atoms with Crippen molar-refractivity contribution in [1.29, 1.82) is 0 Å². The fourth-order valence-electron chi connectivity index (χ4n) is 10.9. The van der Waals surface area contributed by atoms with E-state index < -0.39 is 85.2 Å². The summed E-state index contributed by atoms with van der Waals surface area (Å²) in [6, 6.07) is 111. The van der Waals surface area contributed by atoms with Crippen molar-refractivity contribution in [3.8, 4) is 51.0 Å². The van der Waals surface area contributed by atoms with Gasteiger partial charge in [0.2, 0.25) is 0 Å². The number of halogens is 10. The van der Waals surface area contributed by atoms with E-state index in [1.807, 2.05) is 269 Å². The molecular weight excluding hydrogens is 1840 g/mol. The van der Waals surface area contributed by atoms with Gasteiger partial charge >= 0.3 is 178 Å². The van der Waals surface area contributed by atoms with Crippen molar-refractivity contribution in [2.75, 3.05) is 0 Å². The zero-order valence-electron chi connectivity index (χ0n) is 62.0. The van der Waals surface area contributed by atoms with Crippen LogP contribution in [0, 0.1) is 13.8 Å². The molecule has 0 aromatic heterocycles. The van der Waals surface area contributed by atoms with Crippen LogP contribution in [0.3, 0.4) is 0 Å². The first kappa shape index (κ1) is 97.7. The van der Waals surface area contributed by atoms with Crippen molar-refractivity contribution >= 4 is 185 Å². The maximum atomic E-state index is 10.6. The van der Waals surface area contributed by atoms with Gasteiger partial charge in [-0.1, -0.05) is 267 Å². The third-order valence-electron chi connectivity index (χ3n) is 16.4. The summed E-state index contributed by atoms with van der Waals surface area (Å²) < 4.78 is 0. The first-order chi connectivity index (χ1) is 56.6. The van der Waals surface area contributed by atoms with E-state index >= 15 is 0 Å².